The second-order valence-electron chi connectivity index (χ2n) is 4.20. The van der Waals surface area contributed by atoms with E-state index in [-0.39, 0.29) is 11.8 Å². The lowest BCUT2D eigenvalue weighted by Gasteiger charge is -2.07. The summed E-state index contributed by atoms with van der Waals surface area (Å²) in [5.74, 6) is -0.185. The van der Waals surface area contributed by atoms with E-state index < -0.39 is 0 Å². The molecule has 5 heteroatoms. The normalized spacial score (nSPS) is 10.0. The van der Waals surface area contributed by atoms with Gasteiger partial charge in [0, 0.05) is 24.2 Å². The Morgan fingerprint density at radius 2 is 2.00 bits per heavy atom. The van der Waals surface area contributed by atoms with Crippen LogP contribution in [0.5, 0.6) is 0 Å². The molecule has 0 saturated carbocycles. The van der Waals surface area contributed by atoms with Crippen molar-refractivity contribution in [3.05, 3.63) is 29.8 Å². The third-order valence-electron chi connectivity index (χ3n) is 2.62. The summed E-state index contributed by atoms with van der Waals surface area (Å²) in [6, 6.07) is 6.94. The lowest BCUT2D eigenvalue weighted by Crippen LogP contribution is -2.26. The highest BCUT2D eigenvalue weighted by Gasteiger charge is 2.06. The zero-order chi connectivity index (χ0) is 14.1. The molecule has 3 N–H and O–H groups in total. The topological polar surface area (TPSA) is 70.2 Å². The molecule has 0 bridgehead atoms. The molecule has 0 aliphatic carbocycles. The SMILES string of the molecule is CCC(=O)Nc1cccc(C(=O)NCCCNC)c1. The van der Waals surface area contributed by atoms with Gasteiger partial charge in [-0.15, -0.1) is 0 Å². The van der Waals surface area contributed by atoms with Crippen LogP contribution >= 0.6 is 0 Å². The van der Waals surface area contributed by atoms with Gasteiger partial charge in [0.25, 0.3) is 5.91 Å². The molecule has 0 fully saturated rings. The highest BCUT2D eigenvalue weighted by Crippen LogP contribution is 2.10. The number of rotatable bonds is 7. The van der Waals surface area contributed by atoms with Gasteiger partial charge >= 0.3 is 0 Å². The summed E-state index contributed by atoms with van der Waals surface area (Å²) in [5, 5.41) is 8.59. The van der Waals surface area contributed by atoms with Gasteiger partial charge in [0.15, 0.2) is 0 Å². The van der Waals surface area contributed by atoms with Crippen molar-refractivity contribution in [2.24, 2.45) is 0 Å². The maximum absolute atomic E-state index is 11.9. The smallest absolute Gasteiger partial charge is 0.251 e. The van der Waals surface area contributed by atoms with Crippen molar-refractivity contribution in [2.75, 3.05) is 25.5 Å². The molecule has 2 amide bonds. The van der Waals surface area contributed by atoms with Crippen LogP contribution in [0.4, 0.5) is 5.69 Å². The molecule has 0 atom stereocenters. The predicted molar refractivity (Wildman–Crippen MR) is 76.2 cm³/mol. The Morgan fingerprint density at radius 1 is 1.21 bits per heavy atom. The zero-order valence-electron chi connectivity index (χ0n) is 11.5. The molecule has 0 unspecified atom stereocenters. The third kappa shape index (κ3) is 5.52. The number of hydrogen-bond acceptors (Lipinski definition) is 3. The summed E-state index contributed by atoms with van der Waals surface area (Å²) >= 11 is 0. The summed E-state index contributed by atoms with van der Waals surface area (Å²) < 4.78 is 0. The van der Waals surface area contributed by atoms with E-state index in [1.807, 2.05) is 7.05 Å². The second kappa shape index (κ2) is 8.26. The maximum Gasteiger partial charge on any atom is 0.251 e. The van der Waals surface area contributed by atoms with E-state index in [1.54, 1.807) is 31.2 Å². The van der Waals surface area contributed by atoms with Gasteiger partial charge in [0.05, 0.1) is 0 Å². The van der Waals surface area contributed by atoms with Crippen molar-refractivity contribution in [1.82, 2.24) is 10.6 Å². The minimum atomic E-state index is -0.122. The van der Waals surface area contributed by atoms with E-state index in [0.717, 1.165) is 13.0 Å². The quantitative estimate of drug-likeness (QED) is 0.651. The molecule has 1 aromatic rings. The Kier molecular flexibility index (Phi) is 6.60. The summed E-state index contributed by atoms with van der Waals surface area (Å²) in [7, 11) is 1.88. The van der Waals surface area contributed by atoms with Crippen molar-refractivity contribution in [2.45, 2.75) is 19.8 Å². The monoisotopic (exact) mass is 263 g/mol. The van der Waals surface area contributed by atoms with Gasteiger partial charge in [0.1, 0.15) is 0 Å². The van der Waals surface area contributed by atoms with Crippen molar-refractivity contribution < 1.29 is 9.59 Å². The molecular formula is C14H21N3O2. The van der Waals surface area contributed by atoms with Crippen molar-refractivity contribution in [1.29, 1.82) is 0 Å². The van der Waals surface area contributed by atoms with Crippen molar-refractivity contribution >= 4 is 17.5 Å². The molecule has 104 valence electrons. The van der Waals surface area contributed by atoms with E-state index in [9.17, 15) is 9.59 Å². The Bertz CT molecular complexity index is 432. The van der Waals surface area contributed by atoms with Crippen LogP contribution in [0, 0.1) is 0 Å². The van der Waals surface area contributed by atoms with E-state index >= 15 is 0 Å². The van der Waals surface area contributed by atoms with Gasteiger partial charge in [-0.05, 0) is 38.2 Å². The Labute approximate surface area is 113 Å². The van der Waals surface area contributed by atoms with Gasteiger partial charge in [0.2, 0.25) is 5.91 Å². The number of carbonyl (C=O) groups is 2. The first-order valence-electron chi connectivity index (χ1n) is 6.50. The van der Waals surface area contributed by atoms with Crippen LogP contribution < -0.4 is 16.0 Å². The maximum atomic E-state index is 11.9. The summed E-state index contributed by atoms with van der Waals surface area (Å²) in [4.78, 5) is 23.2. The van der Waals surface area contributed by atoms with Crippen molar-refractivity contribution in [3.8, 4) is 0 Å². The Hall–Kier alpha value is -1.88. The summed E-state index contributed by atoms with van der Waals surface area (Å²) in [6.45, 7) is 3.28. The van der Waals surface area contributed by atoms with E-state index in [2.05, 4.69) is 16.0 Å². The van der Waals surface area contributed by atoms with Gasteiger partial charge in [-0.2, -0.15) is 0 Å². The molecule has 1 aromatic carbocycles. The lowest BCUT2D eigenvalue weighted by atomic mass is 10.2. The molecule has 0 aromatic heterocycles. The first kappa shape index (κ1) is 15.2. The number of carbonyl (C=O) groups excluding carboxylic acids is 2. The predicted octanol–water partition coefficient (Wildman–Crippen LogP) is 1.37. The van der Waals surface area contributed by atoms with Crippen LogP contribution in [-0.2, 0) is 4.79 Å². The molecule has 1 rings (SSSR count). The fourth-order valence-electron chi connectivity index (χ4n) is 1.56. The number of amides is 2. The highest BCUT2D eigenvalue weighted by atomic mass is 16.2. The number of hydrogen-bond donors (Lipinski definition) is 3. The standard InChI is InChI=1S/C14H21N3O2/c1-3-13(18)17-12-7-4-6-11(10-12)14(19)16-9-5-8-15-2/h4,6-7,10,15H,3,5,8-9H2,1-2H3,(H,16,19)(H,17,18). The van der Waals surface area contributed by atoms with Gasteiger partial charge < -0.3 is 16.0 Å². The number of nitrogens with one attached hydrogen (secondary N) is 3. The van der Waals surface area contributed by atoms with Gasteiger partial charge in [-0.3, -0.25) is 9.59 Å². The molecular weight excluding hydrogens is 242 g/mol. The number of anilines is 1. The first-order valence-corrected chi connectivity index (χ1v) is 6.50. The molecule has 0 spiro atoms. The van der Waals surface area contributed by atoms with E-state index in [0.29, 0.717) is 24.2 Å². The minimum Gasteiger partial charge on any atom is -0.352 e. The van der Waals surface area contributed by atoms with Crippen LogP contribution in [0.2, 0.25) is 0 Å². The lowest BCUT2D eigenvalue weighted by molar-refractivity contribution is -0.115. The molecule has 0 heterocycles. The molecule has 0 aliphatic heterocycles. The van der Waals surface area contributed by atoms with Crippen LogP contribution in [0.25, 0.3) is 0 Å². The minimum absolute atomic E-state index is 0.0634. The fourth-order valence-corrected chi connectivity index (χ4v) is 1.56. The molecule has 19 heavy (non-hydrogen) atoms. The van der Waals surface area contributed by atoms with Crippen LogP contribution in [-0.4, -0.2) is 32.0 Å². The van der Waals surface area contributed by atoms with Crippen LogP contribution in [0.1, 0.15) is 30.1 Å². The van der Waals surface area contributed by atoms with Crippen LogP contribution in [0.3, 0.4) is 0 Å². The molecule has 0 aliphatic rings. The number of benzene rings is 1. The van der Waals surface area contributed by atoms with Gasteiger partial charge in [-0.1, -0.05) is 13.0 Å². The Morgan fingerprint density at radius 3 is 2.68 bits per heavy atom. The van der Waals surface area contributed by atoms with Crippen LogP contribution in [0.15, 0.2) is 24.3 Å². The fraction of sp³-hybridized carbons (Fsp3) is 0.429. The average molecular weight is 263 g/mol. The van der Waals surface area contributed by atoms with Gasteiger partial charge in [-0.25, -0.2) is 0 Å². The Balaban J connectivity index is 2.55. The molecule has 0 saturated heterocycles. The summed E-state index contributed by atoms with van der Waals surface area (Å²) in [5.41, 5.74) is 1.20. The van der Waals surface area contributed by atoms with E-state index in [4.69, 9.17) is 0 Å². The highest BCUT2D eigenvalue weighted by molar-refractivity contribution is 5.97. The average Bonchev–Trinajstić information content (AvgIpc) is 2.43. The van der Waals surface area contributed by atoms with Crippen molar-refractivity contribution in [3.63, 3.8) is 0 Å². The third-order valence-corrected chi connectivity index (χ3v) is 2.62. The summed E-state index contributed by atoms with van der Waals surface area (Å²) in [6.07, 6.45) is 1.30. The zero-order valence-corrected chi connectivity index (χ0v) is 11.5. The second-order valence-corrected chi connectivity index (χ2v) is 4.20. The van der Waals surface area contributed by atoms with E-state index in [1.165, 1.54) is 0 Å². The first-order chi connectivity index (χ1) is 9.17. The molecule has 0 radical (unpaired) electrons. The molecule has 5 nitrogen and oxygen atoms in total. The largest absolute Gasteiger partial charge is 0.352 e.